The smallest absolute Gasteiger partial charge is 0.323 e. The van der Waals surface area contributed by atoms with Crippen LogP contribution >= 0.6 is 0 Å². The van der Waals surface area contributed by atoms with Gasteiger partial charge in [0.15, 0.2) is 0 Å². The highest BCUT2D eigenvalue weighted by atomic mass is 16.4. The van der Waals surface area contributed by atoms with E-state index in [1.807, 2.05) is 20.8 Å². The van der Waals surface area contributed by atoms with Crippen molar-refractivity contribution in [2.24, 2.45) is 0 Å². The number of carbonyl (C=O) groups is 2. The van der Waals surface area contributed by atoms with Crippen LogP contribution in [0.2, 0.25) is 0 Å². The maximum absolute atomic E-state index is 12.2. The summed E-state index contributed by atoms with van der Waals surface area (Å²) in [4.78, 5) is 26.0. The first kappa shape index (κ1) is 17.7. The Morgan fingerprint density at radius 1 is 1.11 bits per heavy atom. The van der Waals surface area contributed by atoms with E-state index < -0.39 is 11.5 Å². The number of aliphatic hydroxyl groups excluding tert-OH is 1. The fourth-order valence-electron chi connectivity index (χ4n) is 1.67. The minimum atomic E-state index is -1.02. The summed E-state index contributed by atoms with van der Waals surface area (Å²) in [5.41, 5.74) is -0.533. The Kier molecular flexibility index (Phi) is 7.44. The summed E-state index contributed by atoms with van der Waals surface area (Å²) in [5, 5.41) is 17.6. The molecule has 0 aliphatic heterocycles. The molecule has 0 unspecified atom stereocenters. The number of aliphatic hydroxyl groups is 1. The molecule has 6 nitrogen and oxygen atoms in total. The van der Waals surface area contributed by atoms with Crippen LogP contribution in [0.25, 0.3) is 0 Å². The quantitative estimate of drug-likeness (QED) is 0.687. The van der Waals surface area contributed by atoms with Crippen molar-refractivity contribution in [3.63, 3.8) is 0 Å². The van der Waals surface area contributed by atoms with Gasteiger partial charge in [-0.05, 0) is 40.0 Å². The number of hydrogen-bond donors (Lipinski definition) is 2. The summed E-state index contributed by atoms with van der Waals surface area (Å²) < 4.78 is 0. The Balaban J connectivity index is 4.49. The molecule has 0 aromatic heterocycles. The lowest BCUT2D eigenvalue weighted by molar-refractivity contribution is -0.138. The molecule has 0 saturated carbocycles. The number of rotatable bonds is 7. The molecule has 0 aliphatic carbocycles. The lowest BCUT2D eigenvalue weighted by atomic mass is 10.1. The molecule has 6 heteroatoms. The number of unbranched alkanes of at least 4 members (excludes halogenated alkanes) is 2. The molecule has 112 valence electrons. The summed E-state index contributed by atoms with van der Waals surface area (Å²) in [6.07, 6.45) is 2.37. The van der Waals surface area contributed by atoms with Crippen LogP contribution in [-0.4, -0.2) is 64.3 Å². The summed E-state index contributed by atoms with van der Waals surface area (Å²) >= 11 is 0. The zero-order valence-electron chi connectivity index (χ0n) is 12.3. The van der Waals surface area contributed by atoms with Gasteiger partial charge >= 0.3 is 12.0 Å². The van der Waals surface area contributed by atoms with Gasteiger partial charge in [0.25, 0.3) is 0 Å². The largest absolute Gasteiger partial charge is 0.480 e. The molecule has 0 aromatic carbocycles. The Bertz CT molecular complexity index is 300. The minimum absolute atomic E-state index is 0.158. The molecular formula is C13H26N2O4. The predicted octanol–water partition coefficient (Wildman–Crippen LogP) is 1.39. The van der Waals surface area contributed by atoms with Crippen molar-refractivity contribution in [1.82, 2.24) is 9.80 Å². The first-order chi connectivity index (χ1) is 8.70. The third-order valence-corrected chi connectivity index (χ3v) is 2.81. The van der Waals surface area contributed by atoms with Gasteiger partial charge < -0.3 is 20.0 Å². The van der Waals surface area contributed by atoms with Crippen LogP contribution in [-0.2, 0) is 4.79 Å². The topological polar surface area (TPSA) is 81.1 Å². The van der Waals surface area contributed by atoms with E-state index in [0.29, 0.717) is 6.54 Å². The maximum atomic E-state index is 12.2. The zero-order chi connectivity index (χ0) is 15.1. The molecule has 0 heterocycles. The highest BCUT2D eigenvalue weighted by molar-refractivity contribution is 5.80. The molecule has 0 rings (SSSR count). The highest BCUT2D eigenvalue weighted by Gasteiger charge is 2.30. The Hall–Kier alpha value is -1.30. The third-order valence-electron chi connectivity index (χ3n) is 2.81. The predicted molar refractivity (Wildman–Crippen MR) is 73.1 cm³/mol. The molecular weight excluding hydrogens is 248 g/mol. The number of hydrogen-bond acceptors (Lipinski definition) is 3. The van der Waals surface area contributed by atoms with Crippen molar-refractivity contribution < 1.29 is 19.8 Å². The highest BCUT2D eigenvalue weighted by Crippen LogP contribution is 2.15. The SMILES string of the molecule is CN(CCCCCO)C(=O)N(CC(=O)O)C(C)(C)C. The van der Waals surface area contributed by atoms with E-state index in [2.05, 4.69) is 0 Å². The summed E-state index contributed by atoms with van der Waals surface area (Å²) in [7, 11) is 1.67. The van der Waals surface area contributed by atoms with Crippen molar-refractivity contribution in [2.75, 3.05) is 26.7 Å². The normalized spacial score (nSPS) is 11.2. The first-order valence-electron chi connectivity index (χ1n) is 6.55. The second kappa shape index (κ2) is 7.99. The van der Waals surface area contributed by atoms with Crippen molar-refractivity contribution in [3.8, 4) is 0 Å². The monoisotopic (exact) mass is 274 g/mol. The van der Waals surface area contributed by atoms with E-state index in [-0.39, 0.29) is 19.2 Å². The maximum Gasteiger partial charge on any atom is 0.323 e. The standard InChI is InChI=1S/C13H26N2O4/c1-13(2,3)15(10-11(17)18)12(19)14(4)8-6-5-7-9-16/h16H,5-10H2,1-4H3,(H,17,18). The molecule has 0 fully saturated rings. The van der Waals surface area contributed by atoms with Gasteiger partial charge in [-0.25, -0.2) is 4.79 Å². The second-order valence-corrected chi connectivity index (χ2v) is 5.64. The van der Waals surface area contributed by atoms with Crippen molar-refractivity contribution in [2.45, 2.75) is 45.6 Å². The van der Waals surface area contributed by atoms with E-state index in [1.165, 1.54) is 9.80 Å². The van der Waals surface area contributed by atoms with Crippen molar-refractivity contribution in [3.05, 3.63) is 0 Å². The van der Waals surface area contributed by atoms with E-state index in [4.69, 9.17) is 10.2 Å². The lowest BCUT2D eigenvalue weighted by Crippen LogP contribution is -2.53. The molecule has 19 heavy (non-hydrogen) atoms. The number of carbonyl (C=O) groups excluding carboxylic acids is 1. The molecule has 0 saturated heterocycles. The van der Waals surface area contributed by atoms with E-state index in [9.17, 15) is 9.59 Å². The molecule has 0 aromatic rings. The van der Waals surface area contributed by atoms with Crippen LogP contribution in [0.4, 0.5) is 4.79 Å². The summed E-state index contributed by atoms with van der Waals surface area (Å²) in [6, 6.07) is -0.279. The fourth-order valence-corrected chi connectivity index (χ4v) is 1.67. The van der Waals surface area contributed by atoms with Crippen molar-refractivity contribution >= 4 is 12.0 Å². The molecule has 0 spiro atoms. The second-order valence-electron chi connectivity index (χ2n) is 5.64. The van der Waals surface area contributed by atoms with Crippen LogP contribution < -0.4 is 0 Å². The minimum Gasteiger partial charge on any atom is -0.480 e. The number of aliphatic carboxylic acids is 1. The van der Waals surface area contributed by atoms with Crippen LogP contribution in [0, 0.1) is 0 Å². The Morgan fingerprint density at radius 2 is 1.68 bits per heavy atom. The van der Waals surface area contributed by atoms with Crippen LogP contribution in [0.15, 0.2) is 0 Å². The van der Waals surface area contributed by atoms with E-state index in [1.54, 1.807) is 7.05 Å². The molecule has 0 atom stereocenters. The van der Waals surface area contributed by atoms with Gasteiger partial charge in [-0.1, -0.05) is 0 Å². The van der Waals surface area contributed by atoms with Gasteiger partial charge in [0.1, 0.15) is 6.54 Å². The summed E-state index contributed by atoms with van der Waals surface area (Å²) in [5.74, 6) is -1.02. The average Bonchev–Trinajstić information content (AvgIpc) is 2.29. The number of amides is 2. The van der Waals surface area contributed by atoms with Crippen LogP contribution in [0.3, 0.4) is 0 Å². The summed E-state index contributed by atoms with van der Waals surface area (Å²) in [6.45, 7) is 5.85. The third kappa shape index (κ3) is 7.00. The fraction of sp³-hybridized carbons (Fsp3) is 0.846. The van der Waals surface area contributed by atoms with Gasteiger partial charge in [0, 0.05) is 25.7 Å². The molecule has 2 amide bonds. The van der Waals surface area contributed by atoms with E-state index in [0.717, 1.165) is 19.3 Å². The zero-order valence-corrected chi connectivity index (χ0v) is 12.3. The van der Waals surface area contributed by atoms with Gasteiger partial charge in [-0.15, -0.1) is 0 Å². The number of nitrogens with zero attached hydrogens (tertiary/aromatic N) is 2. The molecule has 2 N–H and O–H groups in total. The Labute approximate surface area is 115 Å². The average molecular weight is 274 g/mol. The lowest BCUT2D eigenvalue weighted by Gasteiger charge is -2.37. The van der Waals surface area contributed by atoms with Crippen LogP contribution in [0.5, 0.6) is 0 Å². The van der Waals surface area contributed by atoms with Gasteiger partial charge in [-0.2, -0.15) is 0 Å². The van der Waals surface area contributed by atoms with Gasteiger partial charge in [0.2, 0.25) is 0 Å². The molecule has 0 bridgehead atoms. The van der Waals surface area contributed by atoms with Crippen molar-refractivity contribution in [1.29, 1.82) is 0 Å². The van der Waals surface area contributed by atoms with Gasteiger partial charge in [-0.3, -0.25) is 4.79 Å². The number of urea groups is 1. The molecule has 0 aliphatic rings. The first-order valence-corrected chi connectivity index (χ1v) is 6.55. The number of carboxylic acid groups (broad SMARTS) is 1. The van der Waals surface area contributed by atoms with Gasteiger partial charge in [0.05, 0.1) is 0 Å². The van der Waals surface area contributed by atoms with E-state index >= 15 is 0 Å². The Morgan fingerprint density at radius 3 is 2.11 bits per heavy atom. The van der Waals surface area contributed by atoms with Crippen LogP contribution in [0.1, 0.15) is 40.0 Å². The molecule has 0 radical (unpaired) electrons. The number of carboxylic acids is 1.